The Morgan fingerprint density at radius 1 is 1.32 bits per heavy atom. The number of nitrogens with zero attached hydrogens (tertiary/aromatic N) is 2. The highest BCUT2D eigenvalue weighted by Crippen LogP contribution is 2.34. The molecule has 8 heteroatoms. The standard InChI is InChI=1S/C17H21Cl2N3O3/c1-4-5-8-21(3)14(23)10-22-15(24)17(2,20-16(22)25)12-7-6-11(18)9-13(12)19/h6-7,9H,4-5,8,10H2,1-3H3,(H,20,25)/t17-/m1/s1. The Kier molecular flexibility index (Phi) is 5.95. The number of benzene rings is 1. The van der Waals surface area contributed by atoms with Crippen LogP contribution in [0.1, 0.15) is 32.3 Å². The van der Waals surface area contributed by atoms with Crippen molar-refractivity contribution in [3.8, 4) is 0 Å². The molecule has 0 radical (unpaired) electrons. The molecule has 1 atom stereocenters. The Morgan fingerprint density at radius 3 is 2.60 bits per heavy atom. The molecule has 0 aromatic heterocycles. The molecule has 1 aliphatic rings. The van der Waals surface area contributed by atoms with Crippen molar-refractivity contribution in [2.45, 2.75) is 32.2 Å². The molecule has 1 aromatic rings. The first-order valence-electron chi connectivity index (χ1n) is 8.04. The first-order valence-corrected chi connectivity index (χ1v) is 8.80. The van der Waals surface area contributed by atoms with Gasteiger partial charge in [0.2, 0.25) is 5.91 Å². The van der Waals surface area contributed by atoms with E-state index in [0.717, 1.165) is 17.7 Å². The predicted molar refractivity (Wildman–Crippen MR) is 96.6 cm³/mol. The maximum atomic E-state index is 12.8. The van der Waals surface area contributed by atoms with E-state index in [0.29, 0.717) is 17.1 Å². The monoisotopic (exact) mass is 385 g/mol. The van der Waals surface area contributed by atoms with Crippen LogP contribution in [0.3, 0.4) is 0 Å². The molecule has 0 bridgehead atoms. The number of hydrogen-bond acceptors (Lipinski definition) is 3. The Labute approximate surface area is 157 Å². The molecule has 2 rings (SSSR count). The highest BCUT2D eigenvalue weighted by atomic mass is 35.5. The normalized spacial score (nSPS) is 20.0. The molecule has 4 amide bonds. The third-order valence-electron chi connectivity index (χ3n) is 4.31. The molecule has 0 aliphatic carbocycles. The summed E-state index contributed by atoms with van der Waals surface area (Å²) in [6.45, 7) is 3.87. The van der Waals surface area contributed by atoms with Gasteiger partial charge in [-0.05, 0) is 25.5 Å². The van der Waals surface area contributed by atoms with Crippen molar-refractivity contribution in [1.29, 1.82) is 0 Å². The van der Waals surface area contributed by atoms with E-state index in [1.165, 1.54) is 11.0 Å². The Balaban J connectivity index is 2.20. The smallest absolute Gasteiger partial charge is 0.325 e. The minimum absolute atomic E-state index is 0.275. The van der Waals surface area contributed by atoms with E-state index in [9.17, 15) is 14.4 Å². The second kappa shape index (κ2) is 7.62. The van der Waals surface area contributed by atoms with Gasteiger partial charge in [-0.25, -0.2) is 4.79 Å². The van der Waals surface area contributed by atoms with Gasteiger partial charge in [0.15, 0.2) is 0 Å². The van der Waals surface area contributed by atoms with Crippen LogP contribution >= 0.6 is 23.2 Å². The molecule has 1 N–H and O–H groups in total. The average molecular weight is 386 g/mol. The molecule has 1 heterocycles. The molecule has 0 saturated carbocycles. The molecule has 25 heavy (non-hydrogen) atoms. The fourth-order valence-electron chi connectivity index (χ4n) is 2.69. The number of likely N-dealkylation sites (N-methyl/N-ethyl adjacent to an activating group) is 1. The van der Waals surface area contributed by atoms with Crippen molar-refractivity contribution in [2.24, 2.45) is 0 Å². The summed E-state index contributed by atoms with van der Waals surface area (Å²) >= 11 is 12.1. The summed E-state index contributed by atoms with van der Waals surface area (Å²) < 4.78 is 0. The summed E-state index contributed by atoms with van der Waals surface area (Å²) in [6.07, 6.45) is 1.81. The minimum Gasteiger partial charge on any atom is -0.344 e. The van der Waals surface area contributed by atoms with Gasteiger partial charge in [0.25, 0.3) is 5.91 Å². The number of hydrogen-bond donors (Lipinski definition) is 1. The van der Waals surface area contributed by atoms with Crippen molar-refractivity contribution in [3.05, 3.63) is 33.8 Å². The molecule has 0 unspecified atom stereocenters. The first-order chi connectivity index (χ1) is 11.7. The molecule has 1 fully saturated rings. The molecule has 136 valence electrons. The Morgan fingerprint density at radius 2 is 2.00 bits per heavy atom. The van der Waals surface area contributed by atoms with Gasteiger partial charge in [-0.2, -0.15) is 0 Å². The lowest BCUT2D eigenvalue weighted by molar-refractivity contribution is -0.138. The van der Waals surface area contributed by atoms with Crippen molar-refractivity contribution in [1.82, 2.24) is 15.1 Å². The van der Waals surface area contributed by atoms with E-state index in [1.54, 1.807) is 26.1 Å². The zero-order valence-corrected chi connectivity index (χ0v) is 15.9. The van der Waals surface area contributed by atoms with Gasteiger partial charge in [-0.15, -0.1) is 0 Å². The van der Waals surface area contributed by atoms with E-state index in [4.69, 9.17) is 23.2 Å². The van der Waals surface area contributed by atoms with Crippen LogP contribution in [-0.2, 0) is 15.1 Å². The molecular weight excluding hydrogens is 365 g/mol. The third kappa shape index (κ3) is 3.90. The van der Waals surface area contributed by atoms with Gasteiger partial charge in [0.1, 0.15) is 12.1 Å². The van der Waals surface area contributed by atoms with Crippen LogP contribution in [0.4, 0.5) is 4.79 Å². The summed E-state index contributed by atoms with van der Waals surface area (Å²) in [5, 5.41) is 3.34. The van der Waals surface area contributed by atoms with Crippen LogP contribution in [0.15, 0.2) is 18.2 Å². The number of rotatable bonds is 6. The lowest BCUT2D eigenvalue weighted by Gasteiger charge is -2.24. The number of unbranched alkanes of at least 4 members (excludes halogenated alkanes) is 1. The highest BCUT2D eigenvalue weighted by molar-refractivity contribution is 6.35. The van der Waals surface area contributed by atoms with Gasteiger partial charge in [-0.3, -0.25) is 14.5 Å². The zero-order valence-electron chi connectivity index (χ0n) is 14.4. The largest absolute Gasteiger partial charge is 0.344 e. The molecule has 1 saturated heterocycles. The Bertz CT molecular complexity index is 710. The van der Waals surface area contributed by atoms with Crippen LogP contribution in [0.2, 0.25) is 10.0 Å². The van der Waals surface area contributed by atoms with Crippen molar-refractivity contribution >= 4 is 41.0 Å². The fourth-order valence-corrected chi connectivity index (χ4v) is 3.29. The summed E-state index contributed by atoms with van der Waals surface area (Å²) in [7, 11) is 1.66. The van der Waals surface area contributed by atoms with E-state index in [2.05, 4.69) is 5.32 Å². The van der Waals surface area contributed by atoms with Crippen LogP contribution in [0.25, 0.3) is 0 Å². The molecule has 6 nitrogen and oxygen atoms in total. The number of urea groups is 1. The summed E-state index contributed by atoms with van der Waals surface area (Å²) in [4.78, 5) is 39.8. The van der Waals surface area contributed by atoms with Crippen molar-refractivity contribution in [3.63, 3.8) is 0 Å². The van der Waals surface area contributed by atoms with E-state index < -0.39 is 17.5 Å². The molecular formula is C17H21Cl2N3O3. The zero-order chi connectivity index (χ0) is 18.8. The van der Waals surface area contributed by atoms with Gasteiger partial charge >= 0.3 is 6.03 Å². The minimum atomic E-state index is -1.33. The number of nitrogens with one attached hydrogen (secondary N) is 1. The number of carbonyl (C=O) groups is 3. The second-order valence-electron chi connectivity index (χ2n) is 6.24. The van der Waals surface area contributed by atoms with Crippen molar-refractivity contribution in [2.75, 3.05) is 20.1 Å². The predicted octanol–water partition coefficient (Wildman–Crippen LogP) is 3.02. The molecule has 0 spiro atoms. The lowest BCUT2D eigenvalue weighted by Crippen LogP contribution is -2.44. The van der Waals surface area contributed by atoms with E-state index in [1.807, 2.05) is 6.92 Å². The van der Waals surface area contributed by atoms with E-state index in [-0.39, 0.29) is 17.5 Å². The first kappa shape index (κ1) is 19.5. The third-order valence-corrected chi connectivity index (χ3v) is 4.86. The summed E-state index contributed by atoms with van der Waals surface area (Å²) in [6, 6.07) is 4.09. The van der Waals surface area contributed by atoms with Gasteiger partial charge < -0.3 is 10.2 Å². The SMILES string of the molecule is CCCCN(C)C(=O)CN1C(=O)N[C@](C)(c2ccc(Cl)cc2Cl)C1=O. The van der Waals surface area contributed by atoms with Crippen LogP contribution in [0.5, 0.6) is 0 Å². The average Bonchev–Trinajstić information content (AvgIpc) is 2.76. The molecule has 1 aliphatic heterocycles. The number of amides is 4. The number of halogens is 2. The van der Waals surface area contributed by atoms with Crippen LogP contribution in [-0.4, -0.2) is 47.8 Å². The van der Waals surface area contributed by atoms with Crippen LogP contribution < -0.4 is 5.32 Å². The summed E-state index contributed by atoms with van der Waals surface area (Å²) in [5.41, 5.74) is -0.896. The fraction of sp³-hybridized carbons (Fsp3) is 0.471. The van der Waals surface area contributed by atoms with Gasteiger partial charge in [-0.1, -0.05) is 42.6 Å². The van der Waals surface area contributed by atoms with Crippen molar-refractivity contribution < 1.29 is 14.4 Å². The number of carbonyl (C=O) groups excluding carboxylic acids is 3. The molecule has 1 aromatic carbocycles. The van der Waals surface area contributed by atoms with Crippen LogP contribution in [0, 0.1) is 0 Å². The summed E-state index contributed by atoms with van der Waals surface area (Å²) in [5.74, 6) is -0.803. The number of imide groups is 1. The maximum absolute atomic E-state index is 12.8. The van der Waals surface area contributed by atoms with E-state index >= 15 is 0 Å². The maximum Gasteiger partial charge on any atom is 0.325 e. The van der Waals surface area contributed by atoms with Gasteiger partial charge in [0, 0.05) is 29.2 Å². The topological polar surface area (TPSA) is 69.7 Å². The Hall–Kier alpha value is -1.79. The highest BCUT2D eigenvalue weighted by Gasteiger charge is 2.50. The lowest BCUT2D eigenvalue weighted by atomic mass is 9.92. The van der Waals surface area contributed by atoms with Gasteiger partial charge in [0.05, 0.1) is 0 Å². The second-order valence-corrected chi connectivity index (χ2v) is 7.08. The quantitative estimate of drug-likeness (QED) is 0.765.